The number of alkyl halides is 3. The van der Waals surface area contributed by atoms with Crippen molar-refractivity contribution in [2.24, 2.45) is 4.40 Å². The van der Waals surface area contributed by atoms with E-state index in [0.717, 1.165) is 0 Å². The van der Waals surface area contributed by atoms with Gasteiger partial charge in [0.1, 0.15) is 16.7 Å². The molecule has 0 saturated heterocycles. The molecule has 0 radical (unpaired) electrons. The minimum Gasteiger partial charge on any atom is -0.435 e. The van der Waals surface area contributed by atoms with Gasteiger partial charge in [-0.15, -0.1) is 11.6 Å². The molecule has 1 aromatic carbocycles. The van der Waals surface area contributed by atoms with Crippen molar-refractivity contribution in [1.29, 1.82) is 0 Å². The Hall–Kier alpha value is -1.01. The summed E-state index contributed by atoms with van der Waals surface area (Å²) in [6.07, 6.45) is 1.17. The van der Waals surface area contributed by atoms with Gasteiger partial charge in [-0.25, -0.2) is 4.21 Å². The van der Waals surface area contributed by atoms with E-state index in [0.29, 0.717) is 30.0 Å². The van der Waals surface area contributed by atoms with Crippen LogP contribution in [0.4, 0.5) is 8.78 Å². The van der Waals surface area contributed by atoms with E-state index in [1.54, 1.807) is 12.1 Å². The van der Waals surface area contributed by atoms with E-state index in [2.05, 4.69) is 9.13 Å². The van der Waals surface area contributed by atoms with E-state index >= 15 is 0 Å². The van der Waals surface area contributed by atoms with Crippen LogP contribution in [0.25, 0.3) is 0 Å². The van der Waals surface area contributed by atoms with Crippen LogP contribution in [0.15, 0.2) is 28.7 Å². The van der Waals surface area contributed by atoms with Gasteiger partial charge in [-0.05, 0) is 45.7 Å². The van der Waals surface area contributed by atoms with Crippen molar-refractivity contribution >= 4 is 28.3 Å². The maximum absolute atomic E-state index is 12.3. The second kappa shape index (κ2) is 8.58. The van der Waals surface area contributed by atoms with Crippen LogP contribution in [0.2, 0.25) is 0 Å². The summed E-state index contributed by atoms with van der Waals surface area (Å²) in [4.78, 5) is 0. The fourth-order valence-corrected chi connectivity index (χ4v) is 2.37. The lowest BCUT2D eigenvalue weighted by Crippen LogP contribution is -2.21. The topological polar surface area (TPSA) is 38.7 Å². The Balaban J connectivity index is 3.11. The lowest BCUT2D eigenvalue weighted by atomic mass is 10.1. The number of halogens is 3. The quantitative estimate of drug-likeness (QED) is 0.533. The molecule has 0 unspecified atom stereocenters. The molecule has 7 heteroatoms. The van der Waals surface area contributed by atoms with Gasteiger partial charge in [0, 0.05) is 11.4 Å². The molecule has 1 aromatic rings. The molecule has 1 atom stereocenters. The Morgan fingerprint density at radius 2 is 2.09 bits per heavy atom. The summed E-state index contributed by atoms with van der Waals surface area (Å²) in [6.45, 7) is 2.58. The van der Waals surface area contributed by atoms with Crippen molar-refractivity contribution in [3.8, 4) is 5.75 Å². The van der Waals surface area contributed by atoms with Crippen LogP contribution in [0.3, 0.4) is 0 Å². The summed E-state index contributed by atoms with van der Waals surface area (Å²) in [5.74, 6) is 0.488. The molecular weight excluding hydrogens is 332 g/mol. The van der Waals surface area contributed by atoms with Crippen molar-refractivity contribution in [1.82, 2.24) is 0 Å². The first-order valence-electron chi connectivity index (χ1n) is 6.85. The molecule has 0 heterocycles. The zero-order valence-corrected chi connectivity index (χ0v) is 14.4. The van der Waals surface area contributed by atoms with Gasteiger partial charge in [0.15, 0.2) is 0 Å². The summed E-state index contributed by atoms with van der Waals surface area (Å²) in [6, 6.07) is 6.24. The molecule has 0 spiro atoms. The van der Waals surface area contributed by atoms with Gasteiger partial charge >= 0.3 is 6.61 Å². The van der Waals surface area contributed by atoms with E-state index in [1.807, 2.05) is 20.8 Å². The molecule has 1 rings (SSSR count). The Morgan fingerprint density at radius 3 is 2.64 bits per heavy atom. The van der Waals surface area contributed by atoms with Gasteiger partial charge in [-0.3, -0.25) is 0 Å². The van der Waals surface area contributed by atoms with Crippen molar-refractivity contribution in [3.05, 3.63) is 29.8 Å². The molecule has 3 nitrogen and oxygen atoms in total. The van der Waals surface area contributed by atoms with Crippen LogP contribution in [-0.4, -0.2) is 27.2 Å². The first-order valence-corrected chi connectivity index (χ1v) is 8.49. The van der Waals surface area contributed by atoms with Crippen LogP contribution in [-0.2, 0) is 11.0 Å². The Kier molecular flexibility index (Phi) is 7.42. The minimum absolute atomic E-state index is 0.0487. The van der Waals surface area contributed by atoms with E-state index < -0.39 is 22.3 Å². The second-order valence-electron chi connectivity index (χ2n) is 5.60. The van der Waals surface area contributed by atoms with Gasteiger partial charge in [-0.2, -0.15) is 13.2 Å². The molecule has 124 valence electrons. The SMILES string of the molecule is CC(C)(C)[S@](=O)N=C(CCCCl)c1cccc(OC(F)F)c1. The largest absolute Gasteiger partial charge is 0.435 e. The molecule has 0 saturated carbocycles. The molecule has 0 bridgehead atoms. The van der Waals surface area contributed by atoms with Crippen LogP contribution >= 0.6 is 11.6 Å². The fourth-order valence-electron chi connectivity index (χ4n) is 1.57. The normalized spacial score (nSPS) is 14.2. The van der Waals surface area contributed by atoms with Crippen molar-refractivity contribution < 1.29 is 17.7 Å². The van der Waals surface area contributed by atoms with Crippen LogP contribution < -0.4 is 4.74 Å². The van der Waals surface area contributed by atoms with Crippen LogP contribution in [0.1, 0.15) is 39.2 Å². The minimum atomic E-state index is -2.89. The second-order valence-corrected chi connectivity index (χ2v) is 7.88. The average molecular weight is 352 g/mol. The monoisotopic (exact) mass is 351 g/mol. The molecule has 0 fully saturated rings. The maximum Gasteiger partial charge on any atom is 0.387 e. The zero-order valence-electron chi connectivity index (χ0n) is 12.8. The van der Waals surface area contributed by atoms with Crippen molar-refractivity contribution in [3.63, 3.8) is 0 Å². The van der Waals surface area contributed by atoms with Crippen LogP contribution in [0.5, 0.6) is 5.75 Å². The van der Waals surface area contributed by atoms with Gasteiger partial charge < -0.3 is 4.74 Å². The van der Waals surface area contributed by atoms with Crippen molar-refractivity contribution in [2.45, 2.75) is 45.0 Å². The van der Waals surface area contributed by atoms with Crippen LogP contribution in [0, 0.1) is 0 Å². The number of hydrogen-bond donors (Lipinski definition) is 0. The number of rotatable bonds is 7. The van der Waals surface area contributed by atoms with Crippen molar-refractivity contribution in [2.75, 3.05) is 5.88 Å². The first-order chi connectivity index (χ1) is 10.2. The van der Waals surface area contributed by atoms with Gasteiger partial charge in [0.25, 0.3) is 0 Å². The summed E-state index contributed by atoms with van der Waals surface area (Å²) in [7, 11) is -1.43. The fraction of sp³-hybridized carbons (Fsp3) is 0.533. The third-order valence-electron chi connectivity index (χ3n) is 2.66. The Labute approximate surface area is 137 Å². The number of hydrogen-bond acceptors (Lipinski definition) is 2. The van der Waals surface area contributed by atoms with E-state index in [-0.39, 0.29) is 5.75 Å². The molecule has 0 aliphatic carbocycles. The van der Waals surface area contributed by atoms with Gasteiger partial charge in [-0.1, -0.05) is 12.1 Å². The first kappa shape index (κ1) is 19.0. The summed E-state index contributed by atoms with van der Waals surface area (Å²) >= 11 is 5.70. The third-order valence-corrected chi connectivity index (χ3v) is 4.36. The van der Waals surface area contributed by atoms with E-state index in [4.69, 9.17) is 11.6 Å². The van der Waals surface area contributed by atoms with Gasteiger partial charge in [0.05, 0.1) is 10.5 Å². The number of ether oxygens (including phenoxy) is 1. The molecule has 0 N–H and O–H groups in total. The molecule has 0 amide bonds. The Morgan fingerprint density at radius 1 is 1.41 bits per heavy atom. The number of nitrogens with zero attached hydrogens (tertiary/aromatic N) is 1. The highest BCUT2D eigenvalue weighted by atomic mass is 35.5. The Bertz CT molecular complexity index is 545. The van der Waals surface area contributed by atoms with E-state index in [1.165, 1.54) is 12.1 Å². The third kappa shape index (κ3) is 6.40. The van der Waals surface area contributed by atoms with Gasteiger partial charge in [0.2, 0.25) is 0 Å². The molecule has 22 heavy (non-hydrogen) atoms. The average Bonchev–Trinajstić information content (AvgIpc) is 2.41. The van der Waals surface area contributed by atoms with E-state index in [9.17, 15) is 13.0 Å². The molecular formula is C15H20ClF2NO2S. The lowest BCUT2D eigenvalue weighted by molar-refractivity contribution is -0.0498. The standard InChI is InChI=1S/C15H20ClF2NO2S/c1-15(2,3)22(20)19-13(8-5-9-16)11-6-4-7-12(10-11)21-14(17)18/h4,6-7,10,14H,5,8-9H2,1-3H3/t22-/m0/s1. The zero-order chi connectivity index (χ0) is 16.8. The highest BCUT2D eigenvalue weighted by Gasteiger charge is 2.20. The highest BCUT2D eigenvalue weighted by molar-refractivity contribution is 7.85. The predicted molar refractivity (Wildman–Crippen MR) is 87.5 cm³/mol. The predicted octanol–water partition coefficient (Wildman–Crippen LogP) is 4.56. The highest BCUT2D eigenvalue weighted by Crippen LogP contribution is 2.20. The number of benzene rings is 1. The lowest BCUT2D eigenvalue weighted by Gasteiger charge is -2.15. The molecule has 0 aromatic heterocycles. The summed E-state index contributed by atoms with van der Waals surface area (Å²) in [5.41, 5.74) is 1.19. The smallest absolute Gasteiger partial charge is 0.387 e. The summed E-state index contributed by atoms with van der Waals surface area (Å²) < 4.78 is 45.0. The maximum atomic E-state index is 12.3. The molecule has 0 aliphatic rings. The summed E-state index contributed by atoms with van der Waals surface area (Å²) in [5, 5.41) is 0. The molecule has 0 aliphatic heterocycles.